The molecule has 0 saturated carbocycles. The zero-order valence-corrected chi connectivity index (χ0v) is 27.8. The highest BCUT2D eigenvalue weighted by atomic mass is 16.4. The molecule has 0 unspecified atom stereocenters. The minimum Gasteiger partial charge on any atom is -0.508 e. The maximum Gasteiger partial charge on any atom is 0.322 e. The van der Waals surface area contributed by atoms with Gasteiger partial charge < -0.3 is 47.2 Å². The van der Waals surface area contributed by atoms with Crippen LogP contribution in [0.15, 0.2) is 54.6 Å². The summed E-state index contributed by atoms with van der Waals surface area (Å²) in [6.45, 7) is 4.31. The lowest BCUT2D eigenvalue weighted by atomic mass is 9.99. The number of nitrogens with zero attached hydrogens (tertiary/aromatic N) is 1. The van der Waals surface area contributed by atoms with E-state index < -0.39 is 84.3 Å². The third-order valence-corrected chi connectivity index (χ3v) is 8.19. The van der Waals surface area contributed by atoms with Gasteiger partial charge in [0.05, 0.1) is 12.1 Å². The quantitative estimate of drug-likeness (QED) is 0.110. The number of phenolic OH excluding ortho intramolecular Hbond substituents is 1. The summed E-state index contributed by atoms with van der Waals surface area (Å²) in [4.78, 5) is 79.0. The average molecular weight is 683 g/mol. The Balaban J connectivity index is 1.79. The van der Waals surface area contributed by atoms with Gasteiger partial charge in [0.25, 0.3) is 0 Å². The van der Waals surface area contributed by atoms with Crippen LogP contribution in [0, 0.1) is 5.92 Å². The molecule has 1 aliphatic heterocycles. The molecule has 15 nitrogen and oxygen atoms in total. The molecule has 1 fully saturated rings. The Hall–Kier alpha value is -5.02. The highest BCUT2D eigenvalue weighted by Crippen LogP contribution is 2.21. The first-order valence-electron chi connectivity index (χ1n) is 16.1. The van der Waals surface area contributed by atoms with Crippen molar-refractivity contribution in [3.8, 4) is 5.75 Å². The first-order chi connectivity index (χ1) is 23.2. The van der Waals surface area contributed by atoms with Crippen LogP contribution < -0.4 is 27.0 Å². The number of aromatic hydroxyl groups is 1. The number of nitrogens with one attached hydrogen (secondary N) is 4. The molecule has 3 rings (SSSR count). The summed E-state index contributed by atoms with van der Waals surface area (Å²) in [7, 11) is 0. The summed E-state index contributed by atoms with van der Waals surface area (Å²) in [6.07, 6.45) is -0.478. The molecule has 266 valence electrons. The number of aliphatic hydroxyl groups excluding tert-OH is 1. The van der Waals surface area contributed by atoms with E-state index in [9.17, 15) is 39.0 Å². The van der Waals surface area contributed by atoms with Crippen LogP contribution in [0.1, 0.15) is 44.7 Å². The third-order valence-electron chi connectivity index (χ3n) is 8.19. The maximum absolute atomic E-state index is 13.8. The van der Waals surface area contributed by atoms with Gasteiger partial charge >= 0.3 is 5.97 Å². The monoisotopic (exact) mass is 682 g/mol. The zero-order valence-electron chi connectivity index (χ0n) is 27.8. The van der Waals surface area contributed by atoms with E-state index in [4.69, 9.17) is 10.8 Å². The van der Waals surface area contributed by atoms with Crippen molar-refractivity contribution in [2.45, 2.75) is 82.8 Å². The number of phenols is 1. The van der Waals surface area contributed by atoms with Crippen LogP contribution in [-0.2, 0) is 41.6 Å². The average Bonchev–Trinajstić information content (AvgIpc) is 3.55. The van der Waals surface area contributed by atoms with Crippen molar-refractivity contribution >= 4 is 35.5 Å². The molecule has 2 aromatic carbocycles. The van der Waals surface area contributed by atoms with Crippen molar-refractivity contribution in [1.82, 2.24) is 26.2 Å². The van der Waals surface area contributed by atoms with E-state index in [0.29, 0.717) is 18.4 Å². The summed E-state index contributed by atoms with van der Waals surface area (Å²) in [5.41, 5.74) is 7.43. The number of amides is 5. The summed E-state index contributed by atoms with van der Waals surface area (Å²) in [6, 6.07) is 9.05. The van der Waals surface area contributed by atoms with Crippen molar-refractivity contribution in [1.29, 1.82) is 0 Å². The van der Waals surface area contributed by atoms with E-state index in [1.54, 1.807) is 50.2 Å². The van der Waals surface area contributed by atoms with Gasteiger partial charge in [0.15, 0.2) is 0 Å². The second-order valence-corrected chi connectivity index (χ2v) is 12.5. The minimum atomic E-state index is -1.48. The van der Waals surface area contributed by atoms with Gasteiger partial charge in [-0.15, -0.1) is 0 Å². The molecule has 0 aliphatic carbocycles. The molecule has 15 heteroatoms. The number of carboxylic acids is 1. The van der Waals surface area contributed by atoms with Gasteiger partial charge in [-0.05, 0) is 55.4 Å². The highest BCUT2D eigenvalue weighted by Gasteiger charge is 2.40. The number of carboxylic acid groups (broad SMARTS) is 1. The first-order valence-corrected chi connectivity index (χ1v) is 16.1. The Morgan fingerprint density at radius 3 is 2.04 bits per heavy atom. The zero-order chi connectivity index (χ0) is 36.2. The van der Waals surface area contributed by atoms with E-state index in [0.717, 1.165) is 5.56 Å². The fourth-order valence-corrected chi connectivity index (χ4v) is 5.49. The Morgan fingerprint density at radius 1 is 0.837 bits per heavy atom. The molecule has 2 aromatic rings. The SMILES string of the molecule is CC(C)[C@H](NC(=O)[C@H](Cc1ccc(O)cc1)NC(=O)[C@@H](NC(=O)[C@@H](N)Cc1ccccc1)[C@@H](C)O)C(=O)N1CCC[C@H]1C(=O)NCC(=O)O. The van der Waals surface area contributed by atoms with Crippen LogP contribution >= 0.6 is 0 Å². The van der Waals surface area contributed by atoms with Gasteiger partial charge in [0.2, 0.25) is 29.5 Å². The Kier molecular flexibility index (Phi) is 14.1. The molecule has 49 heavy (non-hydrogen) atoms. The van der Waals surface area contributed by atoms with E-state index in [1.807, 2.05) is 6.07 Å². The number of carbonyl (C=O) groups excluding carboxylic acids is 5. The predicted octanol–water partition coefficient (Wildman–Crippen LogP) is -0.812. The highest BCUT2D eigenvalue weighted by molar-refractivity contribution is 5.96. The van der Waals surface area contributed by atoms with E-state index >= 15 is 0 Å². The molecular formula is C34H46N6O9. The van der Waals surface area contributed by atoms with Crippen LogP contribution in [0.3, 0.4) is 0 Å². The Labute approximate surface area is 284 Å². The molecule has 9 N–H and O–H groups in total. The molecular weight excluding hydrogens is 636 g/mol. The second-order valence-electron chi connectivity index (χ2n) is 12.5. The third kappa shape index (κ3) is 11.3. The number of likely N-dealkylation sites (tertiary alicyclic amines) is 1. The largest absolute Gasteiger partial charge is 0.508 e. The summed E-state index contributed by atoms with van der Waals surface area (Å²) in [5.74, 6) is -5.20. The van der Waals surface area contributed by atoms with Gasteiger partial charge in [0, 0.05) is 13.0 Å². The number of aliphatic carboxylic acids is 1. The van der Waals surface area contributed by atoms with Crippen LogP contribution in [0.5, 0.6) is 5.75 Å². The lowest BCUT2D eigenvalue weighted by Crippen LogP contribution is -2.61. The standard InChI is InChI=1S/C34H46N6O9/c1-19(2)28(34(49)40-15-7-10-26(40)32(47)36-18-27(43)44)38-31(46)25(17-22-11-13-23(42)14-12-22)37-33(48)29(20(3)41)39-30(45)24(35)16-21-8-5-4-6-9-21/h4-6,8-9,11-14,19-20,24-26,28-29,41-42H,7,10,15-18,35H2,1-3H3,(H,36,47)(H,37,48)(H,38,46)(H,39,45)(H,43,44)/t20-,24+,25+,26+,28+,29+/m1/s1. The molecule has 0 aromatic heterocycles. The van der Waals surface area contributed by atoms with Crippen molar-refractivity contribution in [2.24, 2.45) is 11.7 Å². The molecule has 1 heterocycles. The summed E-state index contributed by atoms with van der Waals surface area (Å²) < 4.78 is 0. The molecule has 0 radical (unpaired) electrons. The van der Waals surface area contributed by atoms with Crippen LogP contribution in [0.4, 0.5) is 0 Å². The van der Waals surface area contributed by atoms with Gasteiger partial charge in [-0.25, -0.2) is 0 Å². The topological polar surface area (TPSA) is 240 Å². The van der Waals surface area contributed by atoms with Gasteiger partial charge in [-0.1, -0.05) is 56.3 Å². The van der Waals surface area contributed by atoms with Gasteiger partial charge in [-0.2, -0.15) is 0 Å². The van der Waals surface area contributed by atoms with Gasteiger partial charge in [-0.3, -0.25) is 28.8 Å². The van der Waals surface area contributed by atoms with Crippen molar-refractivity contribution in [2.75, 3.05) is 13.1 Å². The number of rotatable bonds is 16. The van der Waals surface area contributed by atoms with E-state index in [1.165, 1.54) is 24.0 Å². The van der Waals surface area contributed by atoms with E-state index in [2.05, 4.69) is 21.3 Å². The lowest BCUT2D eigenvalue weighted by molar-refractivity contribution is -0.143. The minimum absolute atomic E-state index is 0.0180. The predicted molar refractivity (Wildman–Crippen MR) is 178 cm³/mol. The Morgan fingerprint density at radius 2 is 1.45 bits per heavy atom. The summed E-state index contributed by atoms with van der Waals surface area (Å²) in [5, 5.41) is 39.2. The lowest BCUT2D eigenvalue weighted by Gasteiger charge is -2.32. The molecule has 5 amide bonds. The fourth-order valence-electron chi connectivity index (χ4n) is 5.49. The number of nitrogens with two attached hydrogens (primary N) is 1. The number of benzene rings is 2. The Bertz CT molecular complexity index is 1470. The molecule has 1 aliphatic rings. The van der Waals surface area contributed by atoms with E-state index in [-0.39, 0.29) is 25.1 Å². The normalized spacial score (nSPS) is 17.3. The van der Waals surface area contributed by atoms with Crippen molar-refractivity contribution < 1.29 is 44.1 Å². The molecule has 1 saturated heterocycles. The summed E-state index contributed by atoms with van der Waals surface area (Å²) >= 11 is 0. The smallest absolute Gasteiger partial charge is 0.322 e. The van der Waals surface area contributed by atoms with Gasteiger partial charge in [0.1, 0.15) is 36.5 Å². The van der Waals surface area contributed by atoms with Crippen LogP contribution in [0.2, 0.25) is 0 Å². The van der Waals surface area contributed by atoms with Crippen LogP contribution in [-0.4, -0.2) is 105 Å². The number of hydrogen-bond donors (Lipinski definition) is 8. The number of hydrogen-bond acceptors (Lipinski definition) is 9. The van der Waals surface area contributed by atoms with Crippen molar-refractivity contribution in [3.63, 3.8) is 0 Å². The molecule has 6 atom stereocenters. The van der Waals surface area contributed by atoms with Crippen LogP contribution in [0.25, 0.3) is 0 Å². The maximum atomic E-state index is 13.8. The number of carbonyl (C=O) groups is 6. The fraction of sp³-hybridized carbons (Fsp3) is 0.471. The second kappa shape index (κ2) is 17.9. The molecule has 0 bridgehead atoms. The number of aliphatic hydroxyl groups is 1. The van der Waals surface area contributed by atoms with Crippen molar-refractivity contribution in [3.05, 3.63) is 65.7 Å². The molecule has 0 spiro atoms. The first kappa shape index (κ1) is 38.4.